The molecule has 2 saturated carbocycles. The summed E-state index contributed by atoms with van der Waals surface area (Å²) < 4.78 is 31.7. The number of carbonyl (C=O) groups is 1. The van der Waals surface area contributed by atoms with Crippen molar-refractivity contribution in [3.63, 3.8) is 0 Å². The van der Waals surface area contributed by atoms with E-state index in [1.54, 1.807) is 24.3 Å². The molecule has 1 atom stereocenters. The molecule has 4 fully saturated rings. The van der Waals surface area contributed by atoms with Crippen molar-refractivity contribution in [2.75, 3.05) is 41.8 Å². The number of hydrogen-bond donors (Lipinski definition) is 2. The molecule has 0 radical (unpaired) electrons. The van der Waals surface area contributed by atoms with Crippen LogP contribution in [0.1, 0.15) is 68.1 Å². The summed E-state index contributed by atoms with van der Waals surface area (Å²) in [6.45, 7) is 3.18. The molecule has 37 heavy (non-hydrogen) atoms. The quantitative estimate of drug-likeness (QED) is 0.545. The molecule has 0 unspecified atom stereocenters. The Morgan fingerprint density at radius 1 is 1.03 bits per heavy atom. The molecule has 2 aliphatic heterocycles. The topological polar surface area (TPSA) is 101 Å². The maximum absolute atomic E-state index is 13.5. The van der Waals surface area contributed by atoms with Gasteiger partial charge in [0.05, 0.1) is 28.4 Å². The second-order valence-electron chi connectivity index (χ2n) is 11.2. The Labute approximate surface area is 219 Å². The normalized spacial score (nSPS) is 23.4. The van der Waals surface area contributed by atoms with Gasteiger partial charge in [0.1, 0.15) is 11.6 Å². The summed E-state index contributed by atoms with van der Waals surface area (Å²) in [6.07, 6.45) is 9.13. The molecule has 4 aliphatic rings. The van der Waals surface area contributed by atoms with Crippen LogP contribution in [0.5, 0.6) is 0 Å². The molecule has 8 nitrogen and oxygen atoms in total. The first kappa shape index (κ1) is 24.7. The summed E-state index contributed by atoms with van der Waals surface area (Å²) in [7, 11) is -3.40. The van der Waals surface area contributed by atoms with Crippen molar-refractivity contribution in [3.8, 4) is 0 Å². The molecule has 2 aromatic rings. The Morgan fingerprint density at radius 2 is 1.81 bits per heavy atom. The van der Waals surface area contributed by atoms with Crippen molar-refractivity contribution in [2.24, 2.45) is 5.41 Å². The van der Waals surface area contributed by atoms with E-state index in [1.165, 1.54) is 12.8 Å². The number of benzene rings is 1. The number of anilines is 3. The molecule has 2 aliphatic carbocycles. The molecule has 3 heterocycles. The molecule has 9 heteroatoms. The monoisotopic (exact) mass is 524 g/mol. The zero-order valence-corrected chi connectivity index (χ0v) is 22.1. The number of nitrogens with zero attached hydrogens (tertiary/aromatic N) is 2. The van der Waals surface area contributed by atoms with E-state index in [4.69, 9.17) is 9.72 Å². The van der Waals surface area contributed by atoms with E-state index in [0.29, 0.717) is 41.9 Å². The number of hydrogen-bond acceptors (Lipinski definition) is 7. The standard InChI is InChI=1S/C28H36N4O4S/c33-27(30-20-4-3-7-23(18-20)37(34,35)22-5-1-2-6-22)24-8-9-25(29-21-10-17-36-19-21)31-26(24)32-15-13-28(11-12-28)14-16-32/h3-4,7-9,18,21-22H,1-2,5-6,10-17,19H2,(H,29,31)(H,30,33)/t21-/m0/s1. The van der Waals surface area contributed by atoms with E-state index in [0.717, 1.165) is 57.6 Å². The highest BCUT2D eigenvalue weighted by Gasteiger charge is 2.45. The molecule has 1 aromatic carbocycles. The molecule has 0 bridgehead atoms. The fraction of sp³-hybridized carbons (Fsp3) is 0.571. The molecule has 1 aromatic heterocycles. The maximum Gasteiger partial charge on any atom is 0.259 e. The summed E-state index contributed by atoms with van der Waals surface area (Å²) in [5.41, 5.74) is 1.50. The van der Waals surface area contributed by atoms with Gasteiger partial charge in [0.25, 0.3) is 5.91 Å². The van der Waals surface area contributed by atoms with Crippen LogP contribution in [0.25, 0.3) is 0 Å². The highest BCUT2D eigenvalue weighted by atomic mass is 32.2. The van der Waals surface area contributed by atoms with Crippen LogP contribution < -0.4 is 15.5 Å². The number of rotatable bonds is 7. The van der Waals surface area contributed by atoms with Crippen LogP contribution in [0.2, 0.25) is 0 Å². The first-order chi connectivity index (χ1) is 17.9. The highest BCUT2D eigenvalue weighted by molar-refractivity contribution is 7.92. The average Bonchev–Trinajstić information content (AvgIpc) is 3.30. The number of piperidine rings is 1. The van der Waals surface area contributed by atoms with Crippen molar-refractivity contribution in [1.29, 1.82) is 0 Å². The van der Waals surface area contributed by atoms with Crippen LogP contribution in [-0.2, 0) is 14.6 Å². The van der Waals surface area contributed by atoms with Crippen molar-refractivity contribution in [2.45, 2.75) is 74.0 Å². The fourth-order valence-corrected chi connectivity index (χ4v) is 7.91. The lowest BCUT2D eigenvalue weighted by molar-refractivity contribution is 0.102. The third kappa shape index (κ3) is 5.21. The van der Waals surface area contributed by atoms with E-state index >= 15 is 0 Å². The highest BCUT2D eigenvalue weighted by Crippen LogP contribution is 2.54. The second-order valence-corrected chi connectivity index (χ2v) is 13.4. The van der Waals surface area contributed by atoms with Crippen LogP contribution in [0, 0.1) is 5.41 Å². The van der Waals surface area contributed by atoms with Gasteiger partial charge in [0.15, 0.2) is 9.84 Å². The van der Waals surface area contributed by atoms with Gasteiger partial charge in [-0.15, -0.1) is 0 Å². The van der Waals surface area contributed by atoms with Gasteiger partial charge in [-0.3, -0.25) is 4.79 Å². The van der Waals surface area contributed by atoms with Crippen molar-refractivity contribution in [3.05, 3.63) is 42.0 Å². The van der Waals surface area contributed by atoms with E-state index < -0.39 is 9.84 Å². The number of sulfone groups is 1. The minimum Gasteiger partial charge on any atom is -0.379 e. The number of carbonyl (C=O) groups excluding carboxylic acids is 1. The number of pyridine rings is 1. The molecule has 1 amide bonds. The lowest BCUT2D eigenvalue weighted by atomic mass is 9.93. The zero-order chi connectivity index (χ0) is 25.5. The Balaban J connectivity index is 1.24. The number of nitrogens with one attached hydrogen (secondary N) is 2. The minimum atomic E-state index is -3.40. The van der Waals surface area contributed by atoms with E-state index in [1.807, 2.05) is 12.1 Å². The van der Waals surface area contributed by atoms with Crippen LogP contribution in [-0.4, -0.2) is 56.9 Å². The van der Waals surface area contributed by atoms with Crippen LogP contribution in [0.4, 0.5) is 17.3 Å². The average molecular weight is 525 g/mol. The van der Waals surface area contributed by atoms with Crippen molar-refractivity contribution < 1.29 is 17.9 Å². The van der Waals surface area contributed by atoms with Crippen LogP contribution >= 0.6 is 0 Å². The molecular formula is C28H36N4O4S. The fourth-order valence-electron chi connectivity index (χ4n) is 6.01. The predicted molar refractivity (Wildman–Crippen MR) is 144 cm³/mol. The van der Waals surface area contributed by atoms with E-state index in [9.17, 15) is 13.2 Å². The van der Waals surface area contributed by atoms with Gasteiger partial charge >= 0.3 is 0 Å². The summed E-state index contributed by atoms with van der Waals surface area (Å²) in [5, 5.41) is 6.08. The predicted octanol–water partition coefficient (Wildman–Crippen LogP) is 4.63. The third-order valence-corrected chi connectivity index (χ3v) is 10.9. The van der Waals surface area contributed by atoms with Crippen LogP contribution in [0.3, 0.4) is 0 Å². The Bertz CT molecular complexity index is 1250. The first-order valence-corrected chi connectivity index (χ1v) is 15.2. The summed E-state index contributed by atoms with van der Waals surface area (Å²) >= 11 is 0. The largest absolute Gasteiger partial charge is 0.379 e. The van der Waals surface area contributed by atoms with E-state index in [-0.39, 0.29) is 22.1 Å². The summed E-state index contributed by atoms with van der Waals surface area (Å²) in [4.78, 5) is 20.9. The van der Waals surface area contributed by atoms with Gasteiger partial charge in [-0.05, 0) is 80.7 Å². The summed E-state index contributed by atoms with van der Waals surface area (Å²) in [5.74, 6) is 1.16. The Hall–Kier alpha value is -2.65. The van der Waals surface area contributed by atoms with Crippen molar-refractivity contribution >= 4 is 33.1 Å². The summed E-state index contributed by atoms with van der Waals surface area (Å²) in [6, 6.07) is 10.6. The van der Waals surface area contributed by atoms with Crippen molar-refractivity contribution in [1.82, 2.24) is 4.98 Å². The van der Waals surface area contributed by atoms with Gasteiger partial charge in [0.2, 0.25) is 0 Å². The first-order valence-electron chi connectivity index (χ1n) is 13.7. The smallest absolute Gasteiger partial charge is 0.259 e. The van der Waals surface area contributed by atoms with Gasteiger partial charge in [-0.2, -0.15) is 0 Å². The van der Waals surface area contributed by atoms with Gasteiger partial charge in [0, 0.05) is 25.4 Å². The van der Waals surface area contributed by atoms with Crippen LogP contribution in [0.15, 0.2) is 41.3 Å². The lowest BCUT2D eigenvalue weighted by Gasteiger charge is -2.34. The lowest BCUT2D eigenvalue weighted by Crippen LogP contribution is -2.36. The number of amides is 1. The maximum atomic E-state index is 13.5. The van der Waals surface area contributed by atoms with Gasteiger partial charge in [-0.25, -0.2) is 13.4 Å². The molecule has 198 valence electrons. The van der Waals surface area contributed by atoms with Gasteiger partial charge < -0.3 is 20.3 Å². The SMILES string of the molecule is O=C(Nc1cccc(S(=O)(=O)C2CCCC2)c1)c1ccc(N[C@H]2CCOC2)nc1N1CCC2(CC1)CC2. The molecular weight excluding hydrogens is 488 g/mol. The van der Waals surface area contributed by atoms with E-state index in [2.05, 4.69) is 15.5 Å². The molecule has 2 saturated heterocycles. The zero-order valence-electron chi connectivity index (χ0n) is 21.2. The number of aromatic nitrogens is 1. The second kappa shape index (κ2) is 9.91. The molecule has 6 rings (SSSR count). The van der Waals surface area contributed by atoms with Gasteiger partial charge in [-0.1, -0.05) is 18.9 Å². The third-order valence-electron chi connectivity index (χ3n) is 8.64. The number of ether oxygens (including phenoxy) is 1. The Kier molecular flexibility index (Phi) is 6.61. The minimum absolute atomic E-state index is 0.223. The Morgan fingerprint density at radius 3 is 2.51 bits per heavy atom. The molecule has 1 spiro atoms. The molecule has 2 N–H and O–H groups in total.